The number of anilines is 1. The average molecular weight is 271 g/mol. The van der Waals surface area contributed by atoms with Crippen molar-refractivity contribution < 1.29 is 22.7 Å². The van der Waals surface area contributed by atoms with Crippen molar-refractivity contribution in [2.24, 2.45) is 0 Å². The Bertz CT molecular complexity index is 493. The van der Waals surface area contributed by atoms with Crippen molar-refractivity contribution in [3.8, 4) is 5.75 Å². The smallest absolute Gasteiger partial charge is 0.404 e. The Hall–Kier alpha value is -2.24. The molecule has 0 saturated heterocycles. The number of nitrogens with one attached hydrogen (secondary N) is 1. The maximum atomic E-state index is 12.1. The van der Waals surface area contributed by atoms with E-state index in [0.29, 0.717) is 0 Å². The van der Waals surface area contributed by atoms with E-state index >= 15 is 0 Å². The first kappa shape index (κ1) is 14.8. The maximum Gasteiger partial charge on any atom is 0.573 e. The molecule has 0 fully saturated rings. The predicted molar refractivity (Wildman–Crippen MR) is 65.7 cm³/mol. The molecule has 0 atom stereocenters. The van der Waals surface area contributed by atoms with Crippen molar-refractivity contribution in [2.45, 2.75) is 13.3 Å². The molecule has 0 aliphatic carbocycles. The van der Waals surface area contributed by atoms with E-state index in [1.165, 1.54) is 30.4 Å². The molecule has 6 heteroatoms. The van der Waals surface area contributed by atoms with Crippen LogP contribution in [0.3, 0.4) is 0 Å². The number of carbonyl (C=O) groups is 1. The van der Waals surface area contributed by atoms with Gasteiger partial charge in [-0.25, -0.2) is 0 Å². The third-order valence-corrected chi connectivity index (χ3v) is 1.92. The summed E-state index contributed by atoms with van der Waals surface area (Å²) in [5.41, 5.74) is -0.0463. The minimum Gasteiger partial charge on any atom is -0.404 e. The van der Waals surface area contributed by atoms with E-state index in [2.05, 4.69) is 10.1 Å². The molecule has 1 amide bonds. The Morgan fingerprint density at radius 3 is 2.58 bits per heavy atom. The predicted octanol–water partition coefficient (Wildman–Crippen LogP) is 3.66. The van der Waals surface area contributed by atoms with Gasteiger partial charge in [-0.3, -0.25) is 4.79 Å². The SMILES string of the molecule is C/C=C/C=C/C(=O)Nc1ccccc1OC(F)(F)F. The van der Waals surface area contributed by atoms with Crippen LogP contribution in [-0.4, -0.2) is 12.3 Å². The highest BCUT2D eigenvalue weighted by molar-refractivity contribution is 6.00. The van der Waals surface area contributed by atoms with Gasteiger partial charge in [-0.2, -0.15) is 0 Å². The van der Waals surface area contributed by atoms with Crippen LogP contribution in [0.1, 0.15) is 6.92 Å². The second-order valence-corrected chi connectivity index (χ2v) is 3.42. The fraction of sp³-hybridized carbons (Fsp3) is 0.154. The van der Waals surface area contributed by atoms with Crippen molar-refractivity contribution in [2.75, 3.05) is 5.32 Å². The number of allylic oxidation sites excluding steroid dienone is 3. The number of alkyl halides is 3. The van der Waals surface area contributed by atoms with Crippen molar-refractivity contribution in [3.63, 3.8) is 0 Å². The molecule has 0 aliphatic heterocycles. The summed E-state index contributed by atoms with van der Waals surface area (Å²) < 4.78 is 40.3. The molecule has 0 unspecified atom stereocenters. The molecule has 0 radical (unpaired) electrons. The zero-order chi connectivity index (χ0) is 14.3. The summed E-state index contributed by atoms with van der Waals surface area (Å²) in [6.45, 7) is 1.77. The maximum absolute atomic E-state index is 12.1. The van der Waals surface area contributed by atoms with Gasteiger partial charge >= 0.3 is 6.36 Å². The Kier molecular flexibility index (Phi) is 5.17. The van der Waals surface area contributed by atoms with Gasteiger partial charge in [0.25, 0.3) is 0 Å². The summed E-state index contributed by atoms with van der Waals surface area (Å²) in [5, 5.41) is 2.31. The summed E-state index contributed by atoms with van der Waals surface area (Å²) in [6.07, 6.45) is 1.21. The molecule has 19 heavy (non-hydrogen) atoms. The summed E-state index contributed by atoms with van der Waals surface area (Å²) >= 11 is 0. The minimum atomic E-state index is -4.80. The number of hydrogen-bond acceptors (Lipinski definition) is 2. The van der Waals surface area contributed by atoms with Crippen LogP contribution < -0.4 is 10.1 Å². The van der Waals surface area contributed by atoms with Gasteiger partial charge in [-0.1, -0.05) is 30.4 Å². The summed E-state index contributed by atoms with van der Waals surface area (Å²) in [6, 6.07) is 5.32. The van der Waals surface area contributed by atoms with Crippen LogP contribution in [0.25, 0.3) is 0 Å². The molecular formula is C13H12F3NO2. The number of carbonyl (C=O) groups excluding carboxylic acids is 1. The third kappa shape index (κ3) is 5.76. The monoisotopic (exact) mass is 271 g/mol. The quantitative estimate of drug-likeness (QED) is 0.670. The van der Waals surface area contributed by atoms with Crippen molar-refractivity contribution >= 4 is 11.6 Å². The molecule has 1 aromatic carbocycles. The molecule has 102 valence electrons. The molecule has 1 rings (SSSR count). The normalized spacial score (nSPS) is 12.0. The number of para-hydroxylation sites is 2. The first-order valence-corrected chi connectivity index (χ1v) is 5.37. The Morgan fingerprint density at radius 1 is 1.26 bits per heavy atom. The zero-order valence-corrected chi connectivity index (χ0v) is 10.1. The van der Waals surface area contributed by atoms with Gasteiger partial charge in [0.2, 0.25) is 5.91 Å². The van der Waals surface area contributed by atoms with Gasteiger partial charge in [0, 0.05) is 6.08 Å². The van der Waals surface area contributed by atoms with E-state index in [1.54, 1.807) is 19.1 Å². The van der Waals surface area contributed by atoms with Gasteiger partial charge < -0.3 is 10.1 Å². The first-order valence-electron chi connectivity index (χ1n) is 5.37. The van der Waals surface area contributed by atoms with Crippen molar-refractivity contribution in [1.29, 1.82) is 0 Å². The number of benzene rings is 1. The fourth-order valence-electron chi connectivity index (χ4n) is 1.21. The van der Waals surface area contributed by atoms with Crippen molar-refractivity contribution in [1.82, 2.24) is 0 Å². The van der Waals surface area contributed by atoms with Gasteiger partial charge in [0.15, 0.2) is 5.75 Å². The molecule has 3 nitrogen and oxygen atoms in total. The highest BCUT2D eigenvalue weighted by Crippen LogP contribution is 2.29. The molecule has 1 N–H and O–H groups in total. The number of amides is 1. The third-order valence-electron chi connectivity index (χ3n) is 1.92. The van der Waals surface area contributed by atoms with Crippen LogP contribution >= 0.6 is 0 Å². The second kappa shape index (κ2) is 6.63. The van der Waals surface area contributed by atoms with Gasteiger partial charge in [0.1, 0.15) is 0 Å². The van der Waals surface area contributed by atoms with E-state index in [-0.39, 0.29) is 5.69 Å². The van der Waals surface area contributed by atoms with Crippen LogP contribution in [0.4, 0.5) is 18.9 Å². The fourth-order valence-corrected chi connectivity index (χ4v) is 1.21. The molecule has 0 aromatic heterocycles. The van der Waals surface area contributed by atoms with E-state index in [1.807, 2.05) is 0 Å². The van der Waals surface area contributed by atoms with E-state index in [4.69, 9.17) is 0 Å². The van der Waals surface area contributed by atoms with Crippen LogP contribution in [0.2, 0.25) is 0 Å². The number of rotatable bonds is 4. The minimum absolute atomic E-state index is 0.0463. The van der Waals surface area contributed by atoms with Gasteiger partial charge in [0.05, 0.1) is 5.69 Å². The van der Waals surface area contributed by atoms with Gasteiger partial charge in [-0.05, 0) is 19.1 Å². The lowest BCUT2D eigenvalue weighted by Gasteiger charge is -2.12. The molecule has 0 spiro atoms. The molecule has 0 bridgehead atoms. The lowest BCUT2D eigenvalue weighted by atomic mass is 10.3. The lowest BCUT2D eigenvalue weighted by molar-refractivity contribution is -0.274. The topological polar surface area (TPSA) is 38.3 Å². The average Bonchev–Trinajstić information content (AvgIpc) is 2.30. The standard InChI is InChI=1S/C13H12F3NO2/c1-2-3-4-9-12(18)17-10-7-5-6-8-11(10)19-13(14,15)16/h2-9H,1H3,(H,17,18)/b3-2+,9-4+. The summed E-state index contributed by atoms with van der Waals surface area (Å²) in [4.78, 5) is 11.4. The first-order chi connectivity index (χ1) is 8.92. The molecule has 1 aromatic rings. The second-order valence-electron chi connectivity index (χ2n) is 3.42. The molecule has 0 aliphatic rings. The highest BCUT2D eigenvalue weighted by atomic mass is 19.4. The van der Waals surface area contributed by atoms with Crippen LogP contribution in [0, 0.1) is 0 Å². The Labute approximate surface area is 108 Å². The number of halogens is 3. The van der Waals surface area contributed by atoms with E-state index in [0.717, 1.165) is 6.07 Å². The largest absolute Gasteiger partial charge is 0.573 e. The molecule has 0 heterocycles. The number of ether oxygens (including phenoxy) is 1. The van der Waals surface area contributed by atoms with Crippen LogP contribution in [-0.2, 0) is 4.79 Å². The highest BCUT2D eigenvalue weighted by Gasteiger charge is 2.32. The number of hydrogen-bond donors (Lipinski definition) is 1. The zero-order valence-electron chi connectivity index (χ0n) is 10.1. The Morgan fingerprint density at radius 2 is 1.95 bits per heavy atom. The summed E-state index contributed by atoms with van der Waals surface area (Å²) in [5.74, 6) is -1.00. The van der Waals surface area contributed by atoms with E-state index < -0.39 is 18.0 Å². The van der Waals surface area contributed by atoms with Gasteiger partial charge in [-0.15, -0.1) is 13.2 Å². The van der Waals surface area contributed by atoms with Crippen LogP contribution in [0.5, 0.6) is 5.75 Å². The van der Waals surface area contributed by atoms with E-state index in [9.17, 15) is 18.0 Å². The lowest BCUT2D eigenvalue weighted by Crippen LogP contribution is -2.19. The summed E-state index contributed by atoms with van der Waals surface area (Å²) in [7, 11) is 0. The van der Waals surface area contributed by atoms with Crippen LogP contribution in [0.15, 0.2) is 48.6 Å². The molecule has 0 saturated carbocycles. The van der Waals surface area contributed by atoms with Crippen molar-refractivity contribution in [3.05, 3.63) is 48.6 Å². The molecular weight excluding hydrogens is 259 g/mol. The Balaban J connectivity index is 2.81.